The zero-order valence-electron chi connectivity index (χ0n) is 11.6. The second kappa shape index (κ2) is 7.78. The molecule has 99 valence electrons. The van der Waals surface area contributed by atoms with Crippen LogP contribution in [0.4, 0.5) is 0 Å². The highest BCUT2D eigenvalue weighted by molar-refractivity contribution is 5.16. The Labute approximate surface area is 117 Å². The van der Waals surface area contributed by atoms with Crippen molar-refractivity contribution in [1.82, 2.24) is 0 Å². The lowest BCUT2D eigenvalue weighted by Crippen LogP contribution is -2.04. The molecule has 0 spiro atoms. The maximum Gasteiger partial charge on any atom is -0.0250 e. The van der Waals surface area contributed by atoms with Crippen LogP contribution in [0.5, 0.6) is 0 Å². The average Bonchev–Trinajstić information content (AvgIpc) is 2.48. The molecule has 0 N–H and O–H groups in total. The van der Waals surface area contributed by atoms with Gasteiger partial charge in [0.15, 0.2) is 0 Å². The molecule has 0 aliphatic carbocycles. The maximum absolute atomic E-state index is 4.11. The molecule has 0 nitrogen and oxygen atoms in total. The molecular weight excluding hydrogens is 228 g/mol. The summed E-state index contributed by atoms with van der Waals surface area (Å²) >= 11 is 0. The molecule has 2 aromatic rings. The molecule has 0 saturated heterocycles. The molecular formula is C19H23. The van der Waals surface area contributed by atoms with Crippen molar-refractivity contribution in [1.29, 1.82) is 0 Å². The molecule has 1 unspecified atom stereocenters. The van der Waals surface area contributed by atoms with Crippen LogP contribution in [-0.2, 0) is 12.8 Å². The van der Waals surface area contributed by atoms with Crippen molar-refractivity contribution in [2.45, 2.75) is 32.1 Å². The minimum absolute atomic E-state index is 0.714. The van der Waals surface area contributed by atoms with Crippen molar-refractivity contribution < 1.29 is 0 Å². The number of hydrogen-bond donors (Lipinski definition) is 0. The first-order valence-electron chi connectivity index (χ1n) is 7.25. The van der Waals surface area contributed by atoms with Gasteiger partial charge < -0.3 is 0 Å². The van der Waals surface area contributed by atoms with E-state index in [1.807, 2.05) is 0 Å². The zero-order chi connectivity index (χ0) is 13.3. The van der Waals surface area contributed by atoms with Crippen molar-refractivity contribution in [2.24, 2.45) is 5.92 Å². The normalized spacial score (nSPS) is 12.3. The Balaban J connectivity index is 1.77. The third-order valence-corrected chi connectivity index (χ3v) is 3.70. The number of rotatable bonds is 7. The highest BCUT2D eigenvalue weighted by Gasteiger charge is 2.07. The molecule has 0 saturated carbocycles. The van der Waals surface area contributed by atoms with E-state index in [9.17, 15) is 0 Å². The second-order valence-electron chi connectivity index (χ2n) is 5.22. The molecule has 1 atom stereocenters. The highest BCUT2D eigenvalue weighted by atomic mass is 14.1. The summed E-state index contributed by atoms with van der Waals surface area (Å²) in [5.41, 5.74) is 2.89. The van der Waals surface area contributed by atoms with Crippen LogP contribution in [0.3, 0.4) is 0 Å². The Hall–Kier alpha value is -1.56. The summed E-state index contributed by atoms with van der Waals surface area (Å²) in [6.45, 7) is 4.11. The minimum Gasteiger partial charge on any atom is -0.0622 e. The Morgan fingerprint density at radius 2 is 1.37 bits per heavy atom. The van der Waals surface area contributed by atoms with E-state index in [2.05, 4.69) is 67.6 Å². The van der Waals surface area contributed by atoms with Gasteiger partial charge in [0.2, 0.25) is 0 Å². The summed E-state index contributed by atoms with van der Waals surface area (Å²) < 4.78 is 0. The first-order valence-corrected chi connectivity index (χ1v) is 7.25. The Kier molecular flexibility index (Phi) is 5.68. The lowest BCUT2D eigenvalue weighted by atomic mass is 9.91. The standard InChI is InChI=1S/C19H23/c1-2-17(16-19-12-7-4-8-13-19)14-9-15-18-10-5-3-6-11-18/h3-8,10-13,17H,1-2,9,14-16H2. The second-order valence-corrected chi connectivity index (χ2v) is 5.22. The number of aryl methyl sites for hydroxylation is 1. The molecule has 2 aromatic carbocycles. The molecule has 0 aliphatic heterocycles. The monoisotopic (exact) mass is 251 g/mol. The Morgan fingerprint density at radius 1 is 0.789 bits per heavy atom. The fraction of sp³-hybridized carbons (Fsp3) is 0.316. The van der Waals surface area contributed by atoms with Crippen LogP contribution in [0.1, 0.15) is 30.4 Å². The van der Waals surface area contributed by atoms with Crippen LogP contribution < -0.4 is 0 Å². The predicted molar refractivity (Wildman–Crippen MR) is 83.0 cm³/mol. The Morgan fingerprint density at radius 3 is 1.95 bits per heavy atom. The summed E-state index contributed by atoms with van der Waals surface area (Å²) in [5.74, 6) is 0.714. The van der Waals surface area contributed by atoms with Crippen molar-refractivity contribution in [3.63, 3.8) is 0 Å². The summed E-state index contributed by atoms with van der Waals surface area (Å²) in [5, 5.41) is 0. The summed E-state index contributed by atoms with van der Waals surface area (Å²) in [7, 11) is 0. The van der Waals surface area contributed by atoms with Crippen molar-refractivity contribution in [2.75, 3.05) is 0 Å². The van der Waals surface area contributed by atoms with E-state index in [-0.39, 0.29) is 0 Å². The fourth-order valence-electron chi connectivity index (χ4n) is 2.54. The van der Waals surface area contributed by atoms with Crippen LogP contribution in [-0.4, -0.2) is 0 Å². The molecule has 19 heavy (non-hydrogen) atoms. The van der Waals surface area contributed by atoms with Gasteiger partial charge in [-0.25, -0.2) is 0 Å². The topological polar surface area (TPSA) is 0 Å². The molecule has 0 amide bonds. The van der Waals surface area contributed by atoms with Crippen LogP contribution in [0, 0.1) is 12.8 Å². The van der Waals surface area contributed by atoms with Crippen molar-refractivity contribution in [3.05, 3.63) is 78.7 Å². The largest absolute Gasteiger partial charge is 0.0622 e. The fourth-order valence-corrected chi connectivity index (χ4v) is 2.54. The van der Waals surface area contributed by atoms with Gasteiger partial charge >= 0.3 is 0 Å². The van der Waals surface area contributed by atoms with Gasteiger partial charge in [-0.15, -0.1) is 0 Å². The van der Waals surface area contributed by atoms with Crippen LogP contribution in [0.25, 0.3) is 0 Å². The lowest BCUT2D eigenvalue weighted by Gasteiger charge is -2.14. The van der Waals surface area contributed by atoms with E-state index in [0.29, 0.717) is 5.92 Å². The van der Waals surface area contributed by atoms with Gasteiger partial charge in [-0.05, 0) is 42.7 Å². The highest BCUT2D eigenvalue weighted by Crippen LogP contribution is 2.18. The van der Waals surface area contributed by atoms with Crippen molar-refractivity contribution in [3.8, 4) is 0 Å². The molecule has 0 fully saturated rings. The van der Waals surface area contributed by atoms with Crippen LogP contribution in [0.2, 0.25) is 0 Å². The summed E-state index contributed by atoms with van der Waals surface area (Å²) in [4.78, 5) is 0. The smallest absolute Gasteiger partial charge is 0.0250 e. The summed E-state index contributed by atoms with van der Waals surface area (Å²) in [6.07, 6.45) is 5.92. The molecule has 0 heteroatoms. The van der Waals surface area contributed by atoms with Gasteiger partial charge in [-0.3, -0.25) is 0 Å². The third kappa shape index (κ3) is 4.90. The van der Waals surface area contributed by atoms with E-state index in [0.717, 1.165) is 6.42 Å². The first kappa shape index (κ1) is 13.9. The third-order valence-electron chi connectivity index (χ3n) is 3.70. The van der Waals surface area contributed by atoms with E-state index in [4.69, 9.17) is 0 Å². The molecule has 0 heterocycles. The SMILES string of the molecule is [CH2]CC(CCCc1ccccc1)Cc1ccccc1. The molecule has 0 aromatic heterocycles. The van der Waals surface area contributed by atoms with E-state index < -0.39 is 0 Å². The van der Waals surface area contributed by atoms with Gasteiger partial charge in [0.1, 0.15) is 0 Å². The van der Waals surface area contributed by atoms with E-state index >= 15 is 0 Å². The van der Waals surface area contributed by atoms with Crippen LogP contribution >= 0.6 is 0 Å². The van der Waals surface area contributed by atoms with Gasteiger partial charge in [0.25, 0.3) is 0 Å². The van der Waals surface area contributed by atoms with E-state index in [1.54, 1.807) is 0 Å². The summed E-state index contributed by atoms with van der Waals surface area (Å²) in [6, 6.07) is 21.5. The molecule has 1 radical (unpaired) electrons. The predicted octanol–water partition coefficient (Wildman–Crippen LogP) is 5.09. The zero-order valence-corrected chi connectivity index (χ0v) is 11.6. The van der Waals surface area contributed by atoms with Gasteiger partial charge in [0.05, 0.1) is 0 Å². The van der Waals surface area contributed by atoms with Gasteiger partial charge in [-0.1, -0.05) is 74.0 Å². The molecule has 0 bridgehead atoms. The van der Waals surface area contributed by atoms with E-state index in [1.165, 1.54) is 36.8 Å². The molecule has 0 aliphatic rings. The van der Waals surface area contributed by atoms with Gasteiger partial charge in [0, 0.05) is 0 Å². The maximum atomic E-state index is 4.11. The number of hydrogen-bond acceptors (Lipinski definition) is 0. The van der Waals surface area contributed by atoms with Crippen molar-refractivity contribution >= 4 is 0 Å². The van der Waals surface area contributed by atoms with Crippen LogP contribution in [0.15, 0.2) is 60.7 Å². The average molecular weight is 251 g/mol. The number of benzene rings is 2. The lowest BCUT2D eigenvalue weighted by molar-refractivity contribution is 0.469. The first-order chi connectivity index (χ1) is 9.38. The minimum atomic E-state index is 0.714. The van der Waals surface area contributed by atoms with Gasteiger partial charge in [-0.2, -0.15) is 0 Å². The quantitative estimate of drug-likeness (QED) is 0.643. The molecule has 2 rings (SSSR count). The Bertz CT molecular complexity index is 444.